The van der Waals surface area contributed by atoms with Gasteiger partial charge in [-0.3, -0.25) is 4.79 Å². The van der Waals surface area contributed by atoms with E-state index in [0.717, 1.165) is 31.0 Å². The Morgan fingerprint density at radius 3 is 2.86 bits per heavy atom. The number of ether oxygens (including phenoxy) is 1. The van der Waals surface area contributed by atoms with Crippen LogP contribution in [0, 0.1) is 0 Å². The second kappa shape index (κ2) is 6.48. The number of amides is 1. The first-order valence-corrected chi connectivity index (χ1v) is 7.32. The maximum Gasteiger partial charge on any atom is 0.226 e. The number of furan rings is 1. The molecule has 1 unspecified atom stereocenters. The van der Waals surface area contributed by atoms with Gasteiger partial charge in [0.25, 0.3) is 0 Å². The van der Waals surface area contributed by atoms with Gasteiger partial charge in [-0.05, 0) is 30.7 Å². The first-order valence-electron chi connectivity index (χ1n) is 7.32. The highest BCUT2D eigenvalue weighted by Crippen LogP contribution is 2.27. The fraction of sp³-hybridized carbons (Fsp3) is 0.353. The van der Waals surface area contributed by atoms with Crippen LogP contribution in [0.1, 0.15) is 24.5 Å². The summed E-state index contributed by atoms with van der Waals surface area (Å²) >= 11 is 0. The van der Waals surface area contributed by atoms with Crippen molar-refractivity contribution in [3.8, 4) is 5.75 Å². The number of hydrogen-bond acceptors (Lipinski definition) is 3. The second-order valence-corrected chi connectivity index (χ2v) is 5.25. The average molecular weight is 285 g/mol. The van der Waals surface area contributed by atoms with Crippen LogP contribution in [0.5, 0.6) is 5.75 Å². The van der Waals surface area contributed by atoms with Gasteiger partial charge in [-0.25, -0.2) is 0 Å². The number of para-hydroxylation sites is 1. The third-order valence-corrected chi connectivity index (χ3v) is 3.81. The Kier molecular flexibility index (Phi) is 4.24. The number of hydrogen-bond donors (Lipinski definition) is 0. The first-order chi connectivity index (χ1) is 10.3. The standard InChI is InChI=1S/C17H19NO3/c19-17(9-12-20-15-5-2-1-3-6-15)18-10-8-14(13-18)16-7-4-11-21-16/h1-7,11,14H,8-10,12-13H2. The van der Waals surface area contributed by atoms with Gasteiger partial charge < -0.3 is 14.1 Å². The van der Waals surface area contributed by atoms with E-state index in [1.807, 2.05) is 47.4 Å². The minimum Gasteiger partial charge on any atom is -0.493 e. The van der Waals surface area contributed by atoms with Crippen molar-refractivity contribution >= 4 is 5.91 Å². The third kappa shape index (κ3) is 3.45. The van der Waals surface area contributed by atoms with Crippen LogP contribution in [0.2, 0.25) is 0 Å². The summed E-state index contributed by atoms with van der Waals surface area (Å²) in [4.78, 5) is 14.1. The SMILES string of the molecule is O=C(CCOc1ccccc1)N1CCC(c2ccco2)C1. The minimum absolute atomic E-state index is 0.153. The second-order valence-electron chi connectivity index (χ2n) is 5.25. The van der Waals surface area contributed by atoms with Crippen LogP contribution in [-0.4, -0.2) is 30.5 Å². The van der Waals surface area contributed by atoms with Gasteiger partial charge in [-0.2, -0.15) is 0 Å². The molecule has 4 heteroatoms. The maximum atomic E-state index is 12.2. The zero-order chi connectivity index (χ0) is 14.5. The quantitative estimate of drug-likeness (QED) is 0.848. The van der Waals surface area contributed by atoms with E-state index < -0.39 is 0 Å². The molecule has 0 aliphatic carbocycles. The Morgan fingerprint density at radius 1 is 1.24 bits per heavy atom. The lowest BCUT2D eigenvalue weighted by Gasteiger charge is -2.16. The van der Waals surface area contributed by atoms with Crippen LogP contribution in [0.25, 0.3) is 0 Å². The Bertz CT molecular complexity index is 565. The van der Waals surface area contributed by atoms with Gasteiger partial charge in [0.05, 0.1) is 19.3 Å². The number of likely N-dealkylation sites (tertiary alicyclic amines) is 1. The molecule has 0 spiro atoms. The van der Waals surface area contributed by atoms with Gasteiger partial charge in [0.15, 0.2) is 0 Å². The molecule has 1 aliphatic heterocycles. The highest BCUT2D eigenvalue weighted by molar-refractivity contribution is 5.76. The molecule has 1 aliphatic rings. The molecular formula is C17H19NO3. The van der Waals surface area contributed by atoms with Crippen molar-refractivity contribution in [3.63, 3.8) is 0 Å². The molecule has 0 saturated carbocycles. The van der Waals surface area contributed by atoms with E-state index in [2.05, 4.69) is 0 Å². The van der Waals surface area contributed by atoms with Crippen LogP contribution < -0.4 is 4.74 Å². The monoisotopic (exact) mass is 285 g/mol. The van der Waals surface area contributed by atoms with Crippen molar-refractivity contribution in [1.82, 2.24) is 4.90 Å². The first kappa shape index (κ1) is 13.7. The summed E-state index contributed by atoms with van der Waals surface area (Å²) in [7, 11) is 0. The van der Waals surface area contributed by atoms with Gasteiger partial charge in [-0.1, -0.05) is 18.2 Å². The van der Waals surface area contributed by atoms with E-state index in [9.17, 15) is 4.79 Å². The minimum atomic E-state index is 0.153. The summed E-state index contributed by atoms with van der Waals surface area (Å²) in [6.07, 6.45) is 3.08. The van der Waals surface area contributed by atoms with Gasteiger partial charge in [0, 0.05) is 19.0 Å². The molecule has 2 heterocycles. The predicted molar refractivity (Wildman–Crippen MR) is 79.2 cm³/mol. The maximum absolute atomic E-state index is 12.2. The molecule has 110 valence electrons. The normalized spacial score (nSPS) is 17.9. The number of benzene rings is 1. The fourth-order valence-electron chi connectivity index (χ4n) is 2.67. The van der Waals surface area contributed by atoms with E-state index in [4.69, 9.17) is 9.15 Å². The molecule has 1 aromatic carbocycles. The number of carbonyl (C=O) groups is 1. The van der Waals surface area contributed by atoms with E-state index in [1.54, 1.807) is 6.26 Å². The average Bonchev–Trinajstić information content (AvgIpc) is 3.19. The lowest BCUT2D eigenvalue weighted by atomic mass is 10.1. The Labute approximate surface area is 124 Å². The van der Waals surface area contributed by atoms with Crippen molar-refractivity contribution in [3.05, 3.63) is 54.5 Å². The largest absolute Gasteiger partial charge is 0.493 e. The van der Waals surface area contributed by atoms with Gasteiger partial charge in [-0.15, -0.1) is 0 Å². The smallest absolute Gasteiger partial charge is 0.226 e. The summed E-state index contributed by atoms with van der Waals surface area (Å²) in [5.74, 6) is 2.27. The molecule has 0 N–H and O–H groups in total. The number of nitrogens with zero attached hydrogens (tertiary/aromatic N) is 1. The zero-order valence-electron chi connectivity index (χ0n) is 11.9. The molecule has 3 rings (SSSR count). The molecule has 4 nitrogen and oxygen atoms in total. The Balaban J connectivity index is 1.44. The Morgan fingerprint density at radius 2 is 2.10 bits per heavy atom. The summed E-state index contributed by atoms with van der Waals surface area (Å²) in [6.45, 7) is 1.97. The van der Waals surface area contributed by atoms with Crippen LogP contribution in [-0.2, 0) is 4.79 Å². The number of rotatable bonds is 5. The van der Waals surface area contributed by atoms with Crippen molar-refractivity contribution in [2.45, 2.75) is 18.8 Å². The van der Waals surface area contributed by atoms with Crippen molar-refractivity contribution in [2.75, 3.05) is 19.7 Å². The van der Waals surface area contributed by atoms with Gasteiger partial charge in [0.2, 0.25) is 5.91 Å². The third-order valence-electron chi connectivity index (χ3n) is 3.81. The van der Waals surface area contributed by atoms with E-state index >= 15 is 0 Å². The van der Waals surface area contributed by atoms with Crippen molar-refractivity contribution < 1.29 is 13.9 Å². The summed E-state index contributed by atoms with van der Waals surface area (Å²) in [6, 6.07) is 13.5. The zero-order valence-corrected chi connectivity index (χ0v) is 11.9. The van der Waals surface area contributed by atoms with Crippen molar-refractivity contribution in [2.24, 2.45) is 0 Å². The molecule has 1 aromatic heterocycles. The summed E-state index contributed by atoms with van der Waals surface area (Å²) < 4.78 is 11.0. The molecule has 21 heavy (non-hydrogen) atoms. The van der Waals surface area contributed by atoms with Gasteiger partial charge >= 0.3 is 0 Å². The van der Waals surface area contributed by atoms with Crippen LogP contribution in [0.3, 0.4) is 0 Å². The molecular weight excluding hydrogens is 266 g/mol. The molecule has 1 saturated heterocycles. The topological polar surface area (TPSA) is 42.7 Å². The van der Waals surface area contributed by atoms with Crippen molar-refractivity contribution in [1.29, 1.82) is 0 Å². The Hall–Kier alpha value is -2.23. The van der Waals surface area contributed by atoms with Crippen LogP contribution >= 0.6 is 0 Å². The van der Waals surface area contributed by atoms with Gasteiger partial charge in [0.1, 0.15) is 11.5 Å². The van der Waals surface area contributed by atoms with Crippen LogP contribution in [0.4, 0.5) is 0 Å². The molecule has 1 fully saturated rings. The lowest BCUT2D eigenvalue weighted by Crippen LogP contribution is -2.29. The highest BCUT2D eigenvalue weighted by Gasteiger charge is 2.28. The van der Waals surface area contributed by atoms with E-state index in [1.165, 1.54) is 0 Å². The molecule has 1 amide bonds. The predicted octanol–water partition coefficient (Wildman–Crippen LogP) is 3.06. The number of carbonyl (C=O) groups excluding carboxylic acids is 1. The summed E-state index contributed by atoms with van der Waals surface area (Å²) in [5.41, 5.74) is 0. The van der Waals surface area contributed by atoms with Crippen LogP contribution in [0.15, 0.2) is 53.1 Å². The molecule has 2 aromatic rings. The highest BCUT2D eigenvalue weighted by atomic mass is 16.5. The molecule has 1 atom stereocenters. The van der Waals surface area contributed by atoms with E-state index in [0.29, 0.717) is 18.9 Å². The van der Waals surface area contributed by atoms with E-state index in [-0.39, 0.29) is 5.91 Å². The molecule has 0 radical (unpaired) electrons. The summed E-state index contributed by atoms with van der Waals surface area (Å²) in [5, 5.41) is 0. The fourth-order valence-corrected chi connectivity index (χ4v) is 2.67. The lowest BCUT2D eigenvalue weighted by molar-refractivity contribution is -0.130. The molecule has 0 bridgehead atoms.